The smallest absolute Gasteiger partial charge is 0.0523 e. The second kappa shape index (κ2) is 4.17. The molecule has 2 heterocycles. The Morgan fingerprint density at radius 1 is 1.29 bits per heavy atom. The van der Waals surface area contributed by atoms with Gasteiger partial charge in [0, 0.05) is 25.5 Å². The molecule has 1 aromatic heterocycles. The molecular weight excluding hydrogens is 178 g/mol. The average Bonchev–Trinajstić information content (AvgIpc) is 2.30. The fraction of sp³-hybridized carbons (Fsp3) is 0.500. The number of rotatable bonds is 2. The zero-order valence-electron chi connectivity index (χ0n) is 7.97. The minimum Gasteiger partial charge on any atom is -0.265 e. The number of nitrogens with zero attached hydrogens (tertiary/aromatic N) is 3. The summed E-state index contributed by atoms with van der Waals surface area (Å²) in [7, 11) is 0. The van der Waals surface area contributed by atoms with Crippen LogP contribution in [0.1, 0.15) is 24.3 Å². The van der Waals surface area contributed by atoms with E-state index in [9.17, 15) is 4.91 Å². The van der Waals surface area contributed by atoms with Crippen molar-refractivity contribution in [3.8, 4) is 0 Å². The quantitative estimate of drug-likeness (QED) is 0.671. The van der Waals surface area contributed by atoms with Gasteiger partial charge in [-0.3, -0.25) is 9.99 Å². The van der Waals surface area contributed by atoms with E-state index in [0.717, 1.165) is 25.9 Å². The van der Waals surface area contributed by atoms with Crippen molar-refractivity contribution < 1.29 is 0 Å². The molecule has 0 aromatic carbocycles. The topological polar surface area (TPSA) is 45.6 Å². The lowest BCUT2D eigenvalue weighted by atomic mass is 9.91. The van der Waals surface area contributed by atoms with E-state index in [1.165, 1.54) is 5.56 Å². The first-order valence-electron chi connectivity index (χ1n) is 4.88. The maximum atomic E-state index is 10.3. The Kier molecular flexibility index (Phi) is 2.72. The highest BCUT2D eigenvalue weighted by atomic mass is 16.3. The van der Waals surface area contributed by atoms with Gasteiger partial charge in [0.1, 0.15) is 0 Å². The molecule has 1 saturated heterocycles. The summed E-state index contributed by atoms with van der Waals surface area (Å²) in [6, 6.07) is 4.10. The van der Waals surface area contributed by atoms with E-state index < -0.39 is 0 Å². The molecule has 14 heavy (non-hydrogen) atoms. The van der Waals surface area contributed by atoms with Crippen molar-refractivity contribution in [2.75, 3.05) is 13.1 Å². The molecule has 0 spiro atoms. The predicted molar refractivity (Wildman–Crippen MR) is 53.6 cm³/mol. The standard InChI is InChI=1S/C10H13N3O/c14-12-13-7-3-10(4-8-13)9-1-5-11-6-2-9/h1-2,5-6,10H,3-4,7-8H2. The molecule has 0 atom stereocenters. The third kappa shape index (κ3) is 1.89. The highest BCUT2D eigenvalue weighted by molar-refractivity contribution is 5.16. The van der Waals surface area contributed by atoms with Gasteiger partial charge in [-0.25, -0.2) is 0 Å². The van der Waals surface area contributed by atoms with Crippen molar-refractivity contribution in [1.29, 1.82) is 0 Å². The second-order valence-corrected chi connectivity index (χ2v) is 3.59. The van der Waals surface area contributed by atoms with Crippen LogP contribution in [-0.4, -0.2) is 23.1 Å². The summed E-state index contributed by atoms with van der Waals surface area (Å²) in [5.74, 6) is 0.566. The number of nitroso groups, excluding NO2 is 1. The van der Waals surface area contributed by atoms with E-state index in [0.29, 0.717) is 5.92 Å². The summed E-state index contributed by atoms with van der Waals surface area (Å²) in [6.07, 6.45) is 5.66. The minimum atomic E-state index is 0.566. The SMILES string of the molecule is O=NN1CCC(c2ccncc2)CC1. The van der Waals surface area contributed by atoms with Gasteiger partial charge < -0.3 is 0 Å². The predicted octanol–water partition coefficient (Wildman–Crippen LogP) is 1.94. The third-order valence-electron chi connectivity index (χ3n) is 2.76. The van der Waals surface area contributed by atoms with Crippen molar-refractivity contribution in [3.05, 3.63) is 35.0 Å². The summed E-state index contributed by atoms with van der Waals surface area (Å²) in [5.41, 5.74) is 1.32. The molecule has 1 aliphatic rings. The first-order chi connectivity index (χ1) is 6.90. The van der Waals surface area contributed by atoms with E-state index in [-0.39, 0.29) is 0 Å². The molecule has 1 fully saturated rings. The van der Waals surface area contributed by atoms with Crippen LogP contribution in [0.5, 0.6) is 0 Å². The number of hydrogen-bond donors (Lipinski definition) is 0. The number of pyridine rings is 1. The molecule has 1 aliphatic heterocycles. The highest BCUT2D eigenvalue weighted by Gasteiger charge is 2.19. The maximum Gasteiger partial charge on any atom is 0.0523 e. The maximum absolute atomic E-state index is 10.3. The minimum absolute atomic E-state index is 0.566. The molecule has 0 unspecified atom stereocenters. The summed E-state index contributed by atoms with van der Waals surface area (Å²) in [6.45, 7) is 1.55. The molecule has 0 bridgehead atoms. The number of hydrogen-bond acceptors (Lipinski definition) is 3. The van der Waals surface area contributed by atoms with Gasteiger partial charge in [0.15, 0.2) is 0 Å². The van der Waals surface area contributed by atoms with E-state index in [1.54, 1.807) is 5.01 Å². The lowest BCUT2D eigenvalue weighted by Gasteiger charge is -2.27. The van der Waals surface area contributed by atoms with Crippen molar-refractivity contribution in [2.24, 2.45) is 5.29 Å². The molecule has 0 N–H and O–H groups in total. The van der Waals surface area contributed by atoms with Gasteiger partial charge in [0.05, 0.1) is 5.29 Å². The number of piperidine rings is 1. The lowest BCUT2D eigenvalue weighted by Crippen LogP contribution is -2.28. The summed E-state index contributed by atoms with van der Waals surface area (Å²) in [4.78, 5) is 14.3. The average molecular weight is 191 g/mol. The van der Waals surface area contributed by atoms with Crippen molar-refractivity contribution >= 4 is 0 Å². The fourth-order valence-corrected chi connectivity index (χ4v) is 1.92. The zero-order chi connectivity index (χ0) is 9.80. The Labute approximate surface area is 82.9 Å². The molecule has 0 saturated carbocycles. The highest BCUT2D eigenvalue weighted by Crippen LogP contribution is 2.27. The Morgan fingerprint density at radius 3 is 2.50 bits per heavy atom. The van der Waals surface area contributed by atoms with Crippen LogP contribution in [0.2, 0.25) is 0 Å². The molecule has 0 radical (unpaired) electrons. The zero-order valence-corrected chi connectivity index (χ0v) is 7.97. The fourth-order valence-electron chi connectivity index (χ4n) is 1.92. The van der Waals surface area contributed by atoms with Crippen LogP contribution >= 0.6 is 0 Å². The normalized spacial score (nSPS) is 18.1. The van der Waals surface area contributed by atoms with Crippen molar-refractivity contribution in [3.63, 3.8) is 0 Å². The summed E-state index contributed by atoms with van der Waals surface area (Å²) >= 11 is 0. The van der Waals surface area contributed by atoms with Crippen molar-refractivity contribution in [1.82, 2.24) is 9.99 Å². The molecule has 2 rings (SSSR count). The van der Waals surface area contributed by atoms with E-state index in [2.05, 4.69) is 22.4 Å². The molecule has 4 nitrogen and oxygen atoms in total. The van der Waals surface area contributed by atoms with Gasteiger partial charge >= 0.3 is 0 Å². The largest absolute Gasteiger partial charge is 0.265 e. The van der Waals surface area contributed by atoms with Crippen LogP contribution in [0.4, 0.5) is 0 Å². The third-order valence-corrected chi connectivity index (χ3v) is 2.76. The molecule has 74 valence electrons. The monoisotopic (exact) mass is 191 g/mol. The Balaban J connectivity index is 1.99. The molecule has 4 heteroatoms. The molecule has 1 aromatic rings. The van der Waals surface area contributed by atoms with Gasteiger partial charge in [-0.15, -0.1) is 4.91 Å². The van der Waals surface area contributed by atoms with Crippen molar-refractivity contribution in [2.45, 2.75) is 18.8 Å². The summed E-state index contributed by atoms with van der Waals surface area (Å²) < 4.78 is 0. The second-order valence-electron chi connectivity index (χ2n) is 3.59. The van der Waals surface area contributed by atoms with Crippen LogP contribution in [0.25, 0.3) is 0 Å². The first-order valence-corrected chi connectivity index (χ1v) is 4.88. The lowest BCUT2D eigenvalue weighted by molar-refractivity contribution is 0.218. The summed E-state index contributed by atoms with van der Waals surface area (Å²) in [5, 5.41) is 4.54. The molecular formula is C10H13N3O. The van der Waals surface area contributed by atoms with Gasteiger partial charge in [-0.1, -0.05) is 0 Å². The van der Waals surface area contributed by atoms with Gasteiger partial charge in [-0.05, 0) is 36.5 Å². The van der Waals surface area contributed by atoms with Gasteiger partial charge in [-0.2, -0.15) is 0 Å². The Morgan fingerprint density at radius 2 is 1.93 bits per heavy atom. The van der Waals surface area contributed by atoms with E-state index >= 15 is 0 Å². The molecule has 0 aliphatic carbocycles. The first kappa shape index (κ1) is 9.12. The van der Waals surface area contributed by atoms with E-state index in [1.807, 2.05) is 12.4 Å². The van der Waals surface area contributed by atoms with E-state index in [4.69, 9.17) is 0 Å². The van der Waals surface area contributed by atoms with Crippen LogP contribution in [-0.2, 0) is 0 Å². The van der Waals surface area contributed by atoms with Gasteiger partial charge in [0.2, 0.25) is 0 Å². The molecule has 0 amide bonds. The Bertz CT molecular complexity index is 293. The number of aromatic nitrogens is 1. The Hall–Kier alpha value is -1.45. The van der Waals surface area contributed by atoms with Crippen LogP contribution in [0.15, 0.2) is 29.8 Å². The van der Waals surface area contributed by atoms with Crippen LogP contribution in [0.3, 0.4) is 0 Å². The van der Waals surface area contributed by atoms with Crippen LogP contribution in [0, 0.1) is 4.91 Å². The van der Waals surface area contributed by atoms with Crippen LogP contribution < -0.4 is 0 Å². The van der Waals surface area contributed by atoms with Gasteiger partial charge in [0.25, 0.3) is 0 Å².